The minimum atomic E-state index is -0.256. The molecule has 2 heterocycles. The predicted octanol–water partition coefficient (Wildman–Crippen LogP) is 5.85. The van der Waals surface area contributed by atoms with Crippen LogP contribution < -0.4 is 4.74 Å². The van der Waals surface area contributed by atoms with Crippen molar-refractivity contribution in [3.05, 3.63) is 89.9 Å². The van der Waals surface area contributed by atoms with Gasteiger partial charge in [-0.25, -0.2) is 0 Å². The molecule has 0 bridgehead atoms. The van der Waals surface area contributed by atoms with Crippen molar-refractivity contribution in [2.75, 3.05) is 20.3 Å². The van der Waals surface area contributed by atoms with E-state index in [-0.39, 0.29) is 16.9 Å². The van der Waals surface area contributed by atoms with Gasteiger partial charge in [-0.1, -0.05) is 48.5 Å². The summed E-state index contributed by atoms with van der Waals surface area (Å²) in [6, 6.07) is 21.8. The lowest BCUT2D eigenvalue weighted by Crippen LogP contribution is -2.46. The second-order valence-corrected chi connectivity index (χ2v) is 9.46. The third-order valence-electron chi connectivity index (χ3n) is 6.61. The first kappa shape index (κ1) is 23.1. The van der Waals surface area contributed by atoms with Crippen LogP contribution in [0.25, 0.3) is 0 Å². The van der Waals surface area contributed by atoms with Gasteiger partial charge in [0.2, 0.25) is 0 Å². The zero-order valence-electron chi connectivity index (χ0n) is 19.8. The lowest BCUT2D eigenvalue weighted by atomic mass is 9.67. The number of benzene rings is 2. The van der Waals surface area contributed by atoms with Gasteiger partial charge in [0.15, 0.2) is 5.76 Å². The number of para-hydroxylation sites is 1. The Morgan fingerprint density at radius 1 is 1.03 bits per heavy atom. The Bertz CT molecular complexity index is 1040. The van der Waals surface area contributed by atoms with E-state index >= 15 is 0 Å². The molecule has 0 N–H and O–H groups in total. The first-order chi connectivity index (χ1) is 15.9. The number of methoxy groups -OCH3 is 1. The van der Waals surface area contributed by atoms with Crippen molar-refractivity contribution in [2.24, 2.45) is 0 Å². The normalized spacial score (nSPS) is 19.7. The number of carbonyl (C=O) groups is 1. The summed E-state index contributed by atoms with van der Waals surface area (Å²) in [7, 11) is 1.72. The molecule has 0 unspecified atom stereocenters. The van der Waals surface area contributed by atoms with E-state index in [4.69, 9.17) is 13.9 Å². The molecule has 0 radical (unpaired) electrons. The molecule has 4 rings (SSSR count). The summed E-state index contributed by atoms with van der Waals surface area (Å²) in [6.45, 7) is 6.10. The molecule has 1 amide bonds. The molecule has 1 fully saturated rings. The maximum Gasteiger partial charge on any atom is 0.289 e. The third-order valence-corrected chi connectivity index (χ3v) is 6.61. The first-order valence-electron chi connectivity index (χ1n) is 11.6. The lowest BCUT2D eigenvalue weighted by Gasteiger charge is -2.46. The number of amides is 1. The molecular formula is C28H33NO4. The second-order valence-electron chi connectivity index (χ2n) is 9.46. The Morgan fingerprint density at radius 3 is 2.48 bits per heavy atom. The van der Waals surface area contributed by atoms with Crippen LogP contribution in [0.5, 0.6) is 5.75 Å². The Hall–Kier alpha value is -3.05. The number of rotatable bonds is 8. The highest BCUT2D eigenvalue weighted by Crippen LogP contribution is 2.47. The highest BCUT2D eigenvalue weighted by Gasteiger charge is 2.43. The van der Waals surface area contributed by atoms with Crippen molar-refractivity contribution >= 4 is 5.91 Å². The molecule has 174 valence electrons. The highest BCUT2D eigenvalue weighted by atomic mass is 16.5. The van der Waals surface area contributed by atoms with Gasteiger partial charge in [0, 0.05) is 30.7 Å². The summed E-state index contributed by atoms with van der Waals surface area (Å²) < 4.78 is 17.3. The van der Waals surface area contributed by atoms with Crippen molar-refractivity contribution < 1.29 is 18.7 Å². The Balaban J connectivity index is 1.65. The number of hydrogen-bond acceptors (Lipinski definition) is 4. The van der Waals surface area contributed by atoms with Crippen molar-refractivity contribution in [1.29, 1.82) is 0 Å². The van der Waals surface area contributed by atoms with Crippen LogP contribution in [0.3, 0.4) is 0 Å². The maximum atomic E-state index is 13.4. The SMILES string of the molecule is COc1ccccc1[C@@]1(CCN(Cc2ccccc2)C(=O)c2ccco2)CCOC(C)(C)C1. The van der Waals surface area contributed by atoms with Crippen molar-refractivity contribution in [2.45, 2.75) is 50.7 Å². The van der Waals surface area contributed by atoms with E-state index in [0.29, 0.717) is 25.5 Å². The number of ether oxygens (including phenoxy) is 2. The van der Waals surface area contributed by atoms with Crippen LogP contribution in [0.15, 0.2) is 77.4 Å². The maximum absolute atomic E-state index is 13.4. The van der Waals surface area contributed by atoms with E-state index in [2.05, 4.69) is 38.1 Å². The number of furan rings is 1. The van der Waals surface area contributed by atoms with Crippen LogP contribution in [0.4, 0.5) is 0 Å². The van der Waals surface area contributed by atoms with Crippen LogP contribution >= 0.6 is 0 Å². The number of hydrogen-bond donors (Lipinski definition) is 0. The molecule has 5 heteroatoms. The van der Waals surface area contributed by atoms with Gasteiger partial charge in [-0.15, -0.1) is 0 Å². The van der Waals surface area contributed by atoms with Gasteiger partial charge in [-0.2, -0.15) is 0 Å². The molecule has 0 spiro atoms. The standard InChI is InChI=1S/C28H33NO4/c1-27(2)21-28(16-19-33-27,23-12-7-8-13-24(23)31-3)15-17-29(20-22-10-5-4-6-11-22)26(30)25-14-9-18-32-25/h4-14,18H,15-17,19-21H2,1-3H3/t28-/m0/s1. The Kier molecular flexibility index (Phi) is 6.89. The molecular weight excluding hydrogens is 414 g/mol. The summed E-state index contributed by atoms with van der Waals surface area (Å²) in [5.74, 6) is 1.16. The van der Waals surface area contributed by atoms with Gasteiger partial charge in [-0.3, -0.25) is 4.79 Å². The zero-order chi connectivity index (χ0) is 23.3. The molecule has 1 aliphatic heterocycles. The molecule has 1 atom stereocenters. The molecule has 1 saturated heterocycles. The van der Waals surface area contributed by atoms with Gasteiger partial charge >= 0.3 is 0 Å². The Labute approximate surface area is 196 Å². The van der Waals surface area contributed by atoms with E-state index in [0.717, 1.165) is 30.6 Å². The quantitative estimate of drug-likeness (QED) is 0.435. The van der Waals surface area contributed by atoms with Crippen molar-refractivity contribution in [3.8, 4) is 5.75 Å². The first-order valence-corrected chi connectivity index (χ1v) is 11.6. The van der Waals surface area contributed by atoms with Gasteiger partial charge < -0.3 is 18.8 Å². The molecule has 1 aromatic heterocycles. The molecule has 3 aromatic rings. The van der Waals surface area contributed by atoms with E-state index in [1.807, 2.05) is 35.2 Å². The van der Waals surface area contributed by atoms with Gasteiger partial charge in [-0.05, 0) is 56.9 Å². The number of nitrogens with zero attached hydrogens (tertiary/aromatic N) is 1. The van der Waals surface area contributed by atoms with Crippen molar-refractivity contribution in [1.82, 2.24) is 4.90 Å². The fourth-order valence-electron chi connectivity index (χ4n) is 5.10. The summed E-state index contributed by atoms with van der Waals surface area (Å²) >= 11 is 0. The topological polar surface area (TPSA) is 51.9 Å². The molecule has 0 saturated carbocycles. The van der Waals surface area contributed by atoms with E-state index < -0.39 is 0 Å². The fourth-order valence-corrected chi connectivity index (χ4v) is 5.10. The minimum absolute atomic E-state index is 0.0923. The van der Waals surface area contributed by atoms with Crippen LogP contribution in [-0.2, 0) is 16.7 Å². The predicted molar refractivity (Wildman–Crippen MR) is 128 cm³/mol. The third kappa shape index (κ3) is 5.31. The van der Waals surface area contributed by atoms with E-state index in [1.165, 1.54) is 5.56 Å². The van der Waals surface area contributed by atoms with Gasteiger partial charge in [0.1, 0.15) is 5.75 Å². The zero-order valence-corrected chi connectivity index (χ0v) is 19.8. The van der Waals surface area contributed by atoms with Gasteiger partial charge in [0.05, 0.1) is 19.0 Å². The van der Waals surface area contributed by atoms with E-state index in [1.54, 1.807) is 25.5 Å². The second kappa shape index (κ2) is 9.84. The summed E-state index contributed by atoms with van der Waals surface area (Å²) in [6.07, 6.45) is 4.09. The monoisotopic (exact) mass is 447 g/mol. The van der Waals surface area contributed by atoms with Crippen LogP contribution in [-0.4, -0.2) is 36.7 Å². The molecule has 5 nitrogen and oxygen atoms in total. The van der Waals surface area contributed by atoms with Crippen LogP contribution in [0.1, 0.15) is 54.8 Å². The summed E-state index contributed by atoms with van der Waals surface area (Å²) in [5, 5.41) is 0. The molecule has 2 aromatic carbocycles. The van der Waals surface area contributed by atoms with Crippen LogP contribution in [0.2, 0.25) is 0 Å². The summed E-state index contributed by atoms with van der Waals surface area (Å²) in [5.41, 5.74) is 1.87. The van der Waals surface area contributed by atoms with E-state index in [9.17, 15) is 4.79 Å². The van der Waals surface area contributed by atoms with Crippen LogP contribution in [0, 0.1) is 0 Å². The largest absolute Gasteiger partial charge is 0.496 e. The molecule has 0 aliphatic carbocycles. The van der Waals surface area contributed by atoms with Crippen molar-refractivity contribution in [3.63, 3.8) is 0 Å². The minimum Gasteiger partial charge on any atom is -0.496 e. The smallest absolute Gasteiger partial charge is 0.289 e. The van der Waals surface area contributed by atoms with Gasteiger partial charge in [0.25, 0.3) is 5.91 Å². The Morgan fingerprint density at radius 2 is 1.79 bits per heavy atom. The molecule has 33 heavy (non-hydrogen) atoms. The lowest BCUT2D eigenvalue weighted by molar-refractivity contribution is -0.0853. The highest BCUT2D eigenvalue weighted by molar-refractivity contribution is 5.91. The average Bonchev–Trinajstić information content (AvgIpc) is 3.36. The number of carbonyl (C=O) groups excluding carboxylic acids is 1. The average molecular weight is 448 g/mol. The molecule has 1 aliphatic rings. The fraction of sp³-hybridized carbons (Fsp3) is 0.393. The summed E-state index contributed by atoms with van der Waals surface area (Å²) in [4.78, 5) is 15.3.